The van der Waals surface area contributed by atoms with E-state index in [0.29, 0.717) is 30.5 Å². The molecule has 2 aliphatic heterocycles. The fourth-order valence-corrected chi connectivity index (χ4v) is 7.49. The molecule has 3 N–H and O–H groups in total. The fraction of sp³-hybridized carbons (Fsp3) is 0.533. The van der Waals surface area contributed by atoms with Crippen molar-refractivity contribution in [1.29, 1.82) is 0 Å². The molecule has 0 radical (unpaired) electrons. The molecule has 1 saturated carbocycles. The van der Waals surface area contributed by atoms with Gasteiger partial charge in [0.05, 0.1) is 22.2 Å². The maximum atomic E-state index is 15.8. The first kappa shape index (κ1) is 28.5. The molecule has 3 aliphatic rings. The molecule has 39 heavy (non-hydrogen) atoms. The van der Waals surface area contributed by atoms with Crippen LogP contribution < -0.4 is 10.6 Å². The molecule has 2 heterocycles. The number of Topliss-reactive ketones (excluding diaryl/α,β-unsaturated/α-hetero) is 1. The minimum absolute atomic E-state index is 0.0206. The molecular weight excluding hydrogens is 545 g/mol. The van der Waals surface area contributed by atoms with Crippen molar-refractivity contribution < 1.29 is 23.5 Å². The topological polar surface area (TPSA) is 78.4 Å². The summed E-state index contributed by atoms with van der Waals surface area (Å²) in [5, 5.41) is 16.3. The van der Waals surface area contributed by atoms with Crippen molar-refractivity contribution in [2.24, 2.45) is 17.3 Å². The highest BCUT2D eigenvalue weighted by molar-refractivity contribution is 6.31. The zero-order valence-corrected chi connectivity index (χ0v) is 24.0. The molecule has 210 valence electrons. The number of carbonyl (C=O) groups excluding carboxylic acids is 2. The van der Waals surface area contributed by atoms with Gasteiger partial charge in [-0.1, -0.05) is 63.0 Å². The van der Waals surface area contributed by atoms with Crippen LogP contribution in [0.25, 0.3) is 0 Å². The van der Waals surface area contributed by atoms with Gasteiger partial charge in [-0.2, -0.15) is 0 Å². The Morgan fingerprint density at radius 2 is 1.87 bits per heavy atom. The second kappa shape index (κ2) is 10.1. The van der Waals surface area contributed by atoms with Crippen LogP contribution in [0.1, 0.15) is 70.4 Å². The highest BCUT2D eigenvalue weighted by Gasteiger charge is 2.66. The Balaban J connectivity index is 1.71. The molecule has 0 bridgehead atoms. The van der Waals surface area contributed by atoms with Gasteiger partial charge in [-0.3, -0.25) is 9.59 Å². The summed E-state index contributed by atoms with van der Waals surface area (Å²) in [6.45, 7) is 8.01. The number of hydrogen-bond donors (Lipinski definition) is 3. The average Bonchev–Trinajstić information content (AvgIpc) is 3.42. The van der Waals surface area contributed by atoms with Crippen LogP contribution in [0, 0.1) is 28.9 Å². The number of aliphatic hydroxyl groups excluding tert-OH is 1. The lowest BCUT2D eigenvalue weighted by Gasteiger charge is -2.37. The number of aliphatic hydroxyl groups is 1. The maximum Gasteiger partial charge on any atom is 0.237 e. The van der Waals surface area contributed by atoms with Crippen LogP contribution in [0.5, 0.6) is 0 Å². The first-order chi connectivity index (χ1) is 18.2. The van der Waals surface area contributed by atoms with Crippen LogP contribution in [0.3, 0.4) is 0 Å². The Hall–Kier alpha value is -2.06. The van der Waals surface area contributed by atoms with Crippen molar-refractivity contribution in [1.82, 2.24) is 5.32 Å². The van der Waals surface area contributed by atoms with Crippen LogP contribution in [0.15, 0.2) is 30.3 Å². The summed E-state index contributed by atoms with van der Waals surface area (Å²) in [5.74, 6) is -2.95. The first-order valence-corrected chi connectivity index (χ1v) is 14.2. The van der Waals surface area contributed by atoms with E-state index in [9.17, 15) is 19.1 Å². The summed E-state index contributed by atoms with van der Waals surface area (Å²) in [6.07, 6.45) is 1.38. The standard InChI is InChI=1S/C30H34Cl2F2N2O3/c1-14-8-15(9-22(14)37)10-23(38)27-25(16-6-5-7-18(31)26(16)34)30(24(36-27)13-29(2,3)4)17-11-20(33)19(32)12-21(17)35-28(30)39/h5-7,11-12,14-15,22,24-25,27,36-37H,8-10,13H2,1-4H3,(H,35,39)/t14-,15?,22+,24+,25-,27-,30-/m0/s1. The van der Waals surface area contributed by atoms with Gasteiger partial charge in [0.2, 0.25) is 5.91 Å². The van der Waals surface area contributed by atoms with Crippen molar-refractivity contribution in [3.8, 4) is 0 Å². The van der Waals surface area contributed by atoms with Gasteiger partial charge in [-0.15, -0.1) is 0 Å². The van der Waals surface area contributed by atoms with E-state index in [1.165, 1.54) is 18.2 Å². The van der Waals surface area contributed by atoms with Gasteiger partial charge in [0.15, 0.2) is 5.78 Å². The predicted molar refractivity (Wildman–Crippen MR) is 148 cm³/mol. The number of benzene rings is 2. The van der Waals surface area contributed by atoms with Gasteiger partial charge in [0.1, 0.15) is 17.0 Å². The number of fused-ring (bicyclic) bond motifs is 2. The van der Waals surface area contributed by atoms with Gasteiger partial charge in [0.25, 0.3) is 0 Å². The average molecular weight is 580 g/mol. The summed E-state index contributed by atoms with van der Waals surface area (Å²) in [7, 11) is 0. The highest BCUT2D eigenvalue weighted by Crippen LogP contribution is 2.57. The smallest absolute Gasteiger partial charge is 0.237 e. The molecule has 1 spiro atoms. The second-order valence-corrected chi connectivity index (χ2v) is 13.6. The highest BCUT2D eigenvalue weighted by atomic mass is 35.5. The van der Waals surface area contributed by atoms with Gasteiger partial charge < -0.3 is 15.7 Å². The largest absolute Gasteiger partial charge is 0.393 e. The van der Waals surface area contributed by atoms with Gasteiger partial charge >= 0.3 is 0 Å². The molecule has 1 amide bonds. The lowest BCUT2D eigenvalue weighted by Crippen LogP contribution is -2.49. The second-order valence-electron chi connectivity index (χ2n) is 12.8. The molecule has 1 saturated heterocycles. The molecule has 5 rings (SSSR count). The summed E-state index contributed by atoms with van der Waals surface area (Å²) in [5.41, 5.74) is -0.967. The number of amides is 1. The Bertz CT molecular complexity index is 1320. The van der Waals surface area contributed by atoms with E-state index >= 15 is 4.39 Å². The number of hydrogen-bond acceptors (Lipinski definition) is 4. The minimum atomic E-state index is -1.50. The molecule has 1 unspecified atom stereocenters. The van der Waals surface area contributed by atoms with Crippen LogP contribution in [0.2, 0.25) is 10.0 Å². The lowest BCUT2D eigenvalue weighted by molar-refractivity contribution is -0.123. The van der Waals surface area contributed by atoms with Crippen LogP contribution in [0.4, 0.5) is 14.5 Å². The van der Waals surface area contributed by atoms with Crippen LogP contribution in [-0.2, 0) is 15.0 Å². The van der Waals surface area contributed by atoms with Gasteiger partial charge in [-0.25, -0.2) is 8.78 Å². The van der Waals surface area contributed by atoms with Gasteiger partial charge in [0, 0.05) is 24.1 Å². The number of ketones is 1. The number of nitrogens with one attached hydrogen (secondary N) is 2. The predicted octanol–water partition coefficient (Wildman–Crippen LogP) is 6.39. The van der Waals surface area contributed by atoms with Crippen LogP contribution >= 0.6 is 23.2 Å². The quantitative estimate of drug-likeness (QED) is 0.384. The third-order valence-corrected chi connectivity index (χ3v) is 9.37. The summed E-state index contributed by atoms with van der Waals surface area (Å²) >= 11 is 12.3. The van der Waals surface area contributed by atoms with Crippen molar-refractivity contribution >= 4 is 40.6 Å². The Kier molecular flexibility index (Phi) is 7.37. The molecule has 5 nitrogen and oxygen atoms in total. The summed E-state index contributed by atoms with van der Waals surface area (Å²) in [6, 6.07) is 5.62. The third-order valence-electron chi connectivity index (χ3n) is 8.79. The Morgan fingerprint density at radius 3 is 2.51 bits per heavy atom. The normalized spacial score (nSPS) is 32.1. The van der Waals surface area contributed by atoms with E-state index in [1.54, 1.807) is 12.1 Å². The van der Waals surface area contributed by atoms with E-state index < -0.39 is 47.1 Å². The zero-order chi connectivity index (χ0) is 28.4. The number of halogens is 4. The molecule has 2 fully saturated rings. The van der Waals surface area contributed by atoms with Crippen molar-refractivity contribution in [3.05, 3.63) is 63.1 Å². The first-order valence-electron chi connectivity index (χ1n) is 13.5. The Labute approximate surface area is 237 Å². The fourth-order valence-electron chi connectivity index (χ4n) is 7.15. The molecular formula is C30H34Cl2F2N2O3. The molecule has 9 heteroatoms. The number of carbonyl (C=O) groups is 2. The monoisotopic (exact) mass is 578 g/mol. The third kappa shape index (κ3) is 4.79. The van der Waals surface area contributed by atoms with Crippen LogP contribution in [-0.4, -0.2) is 35.0 Å². The van der Waals surface area contributed by atoms with E-state index in [-0.39, 0.29) is 45.1 Å². The molecule has 7 atom stereocenters. The molecule has 1 aliphatic carbocycles. The number of rotatable bonds is 5. The summed E-state index contributed by atoms with van der Waals surface area (Å²) in [4.78, 5) is 28.2. The zero-order valence-electron chi connectivity index (χ0n) is 22.5. The van der Waals surface area contributed by atoms with Crippen molar-refractivity contribution in [2.75, 3.05) is 5.32 Å². The van der Waals surface area contributed by atoms with E-state index in [0.717, 1.165) is 0 Å². The van der Waals surface area contributed by atoms with Crippen molar-refractivity contribution in [3.63, 3.8) is 0 Å². The van der Waals surface area contributed by atoms with E-state index in [2.05, 4.69) is 10.6 Å². The van der Waals surface area contributed by atoms with E-state index in [1.807, 2.05) is 27.7 Å². The lowest BCUT2D eigenvalue weighted by atomic mass is 9.62. The minimum Gasteiger partial charge on any atom is -0.393 e. The molecule has 2 aromatic rings. The summed E-state index contributed by atoms with van der Waals surface area (Å²) < 4.78 is 30.8. The van der Waals surface area contributed by atoms with Gasteiger partial charge in [-0.05, 0) is 65.8 Å². The molecule has 2 aromatic carbocycles. The number of anilines is 1. The molecule has 0 aromatic heterocycles. The van der Waals surface area contributed by atoms with Crippen molar-refractivity contribution in [2.45, 2.75) is 82.9 Å². The Morgan fingerprint density at radius 1 is 1.15 bits per heavy atom. The maximum absolute atomic E-state index is 15.8. The SMILES string of the molecule is C[C@H]1CC(CC(=O)[C@@H]2N[C@H](CC(C)(C)C)[C@]3(C(=O)Nc4cc(Cl)c(F)cc43)[C@H]2c2cccc(Cl)c2F)C[C@H]1O. The van der Waals surface area contributed by atoms with E-state index in [4.69, 9.17) is 23.2 Å².